The molecule has 1 aromatic heterocycles. The van der Waals surface area contributed by atoms with Gasteiger partial charge in [0.1, 0.15) is 0 Å². The van der Waals surface area contributed by atoms with Crippen molar-refractivity contribution in [1.29, 1.82) is 0 Å². The van der Waals surface area contributed by atoms with Gasteiger partial charge >= 0.3 is 0 Å². The first-order chi connectivity index (χ1) is 9.75. The molecule has 0 radical (unpaired) electrons. The predicted octanol–water partition coefficient (Wildman–Crippen LogP) is 2.64. The second-order valence-electron chi connectivity index (χ2n) is 4.92. The molecule has 1 amide bonds. The number of amides is 1. The molecule has 1 aliphatic heterocycles. The molecular weight excluding hydrogens is 270 g/mol. The van der Waals surface area contributed by atoms with Crippen molar-refractivity contribution in [3.8, 4) is 0 Å². The highest BCUT2D eigenvalue weighted by molar-refractivity contribution is 7.09. The number of aromatic nitrogens is 1. The molecule has 2 N–H and O–H groups in total. The number of hydrogen-bond donors (Lipinski definition) is 1. The van der Waals surface area contributed by atoms with Gasteiger partial charge < -0.3 is 10.6 Å². The van der Waals surface area contributed by atoms with Crippen LogP contribution >= 0.6 is 11.3 Å². The summed E-state index contributed by atoms with van der Waals surface area (Å²) in [4.78, 5) is 18.5. The summed E-state index contributed by atoms with van der Waals surface area (Å²) >= 11 is 1.60. The molecule has 0 bridgehead atoms. The fourth-order valence-corrected chi connectivity index (χ4v) is 3.26. The lowest BCUT2D eigenvalue weighted by atomic mass is 9.99. The molecule has 20 heavy (non-hydrogen) atoms. The molecule has 0 saturated carbocycles. The molecule has 2 aromatic rings. The zero-order chi connectivity index (χ0) is 13.9. The lowest BCUT2D eigenvalue weighted by Gasteiger charge is -2.30. The van der Waals surface area contributed by atoms with Gasteiger partial charge in [0.25, 0.3) is 0 Å². The molecule has 0 unspecified atom stereocenters. The molecule has 0 atom stereocenters. The Balaban J connectivity index is 1.75. The number of carbonyl (C=O) groups is 1. The molecule has 1 aromatic carbocycles. The normalized spacial score (nSPS) is 14.1. The largest absolute Gasteiger partial charge is 0.398 e. The van der Waals surface area contributed by atoms with Gasteiger partial charge in [0.15, 0.2) is 0 Å². The molecule has 0 saturated heterocycles. The number of rotatable bonds is 3. The third-order valence-electron chi connectivity index (χ3n) is 3.62. The minimum absolute atomic E-state index is 0.159. The third kappa shape index (κ3) is 2.54. The van der Waals surface area contributed by atoms with Gasteiger partial charge in [-0.1, -0.05) is 6.07 Å². The van der Waals surface area contributed by atoms with Crippen LogP contribution in [0.5, 0.6) is 0 Å². The maximum atomic E-state index is 12.4. The van der Waals surface area contributed by atoms with E-state index >= 15 is 0 Å². The smallest absolute Gasteiger partial charge is 0.227 e. The standard InChI is InChI=1S/C15H17N3OS/c16-12-4-1-5-13-11(12)3-2-9-18(13)15(19)7-6-14-17-8-10-20-14/h1,4-5,8,10H,2-3,6-7,9,16H2. The Bertz CT molecular complexity index is 610. The van der Waals surface area contributed by atoms with Gasteiger partial charge in [-0.25, -0.2) is 4.98 Å². The predicted molar refractivity (Wildman–Crippen MR) is 82.0 cm³/mol. The van der Waals surface area contributed by atoms with Crippen LogP contribution in [0, 0.1) is 0 Å². The number of nitrogens with zero attached hydrogens (tertiary/aromatic N) is 2. The summed E-state index contributed by atoms with van der Waals surface area (Å²) in [7, 11) is 0. The molecule has 5 heteroatoms. The summed E-state index contributed by atoms with van der Waals surface area (Å²) < 4.78 is 0. The quantitative estimate of drug-likeness (QED) is 0.883. The van der Waals surface area contributed by atoms with Crippen LogP contribution < -0.4 is 10.6 Å². The van der Waals surface area contributed by atoms with Gasteiger partial charge in [-0.05, 0) is 30.5 Å². The van der Waals surface area contributed by atoms with Crippen LogP contribution in [0.1, 0.15) is 23.4 Å². The fourth-order valence-electron chi connectivity index (χ4n) is 2.64. The highest BCUT2D eigenvalue weighted by Gasteiger charge is 2.23. The molecule has 0 aliphatic carbocycles. The Kier molecular flexibility index (Phi) is 3.69. The van der Waals surface area contributed by atoms with Gasteiger partial charge in [0.2, 0.25) is 5.91 Å². The van der Waals surface area contributed by atoms with Gasteiger partial charge in [0.05, 0.1) is 5.01 Å². The van der Waals surface area contributed by atoms with E-state index in [1.54, 1.807) is 17.5 Å². The van der Waals surface area contributed by atoms with E-state index in [2.05, 4.69) is 4.98 Å². The van der Waals surface area contributed by atoms with Gasteiger partial charge in [-0.15, -0.1) is 11.3 Å². The Morgan fingerprint density at radius 2 is 2.35 bits per heavy atom. The van der Waals surface area contributed by atoms with Crippen molar-refractivity contribution in [2.45, 2.75) is 25.7 Å². The Hall–Kier alpha value is -1.88. The third-order valence-corrected chi connectivity index (χ3v) is 4.46. The Labute approximate surface area is 122 Å². The number of thiazole rings is 1. The lowest BCUT2D eigenvalue weighted by molar-refractivity contribution is -0.118. The maximum absolute atomic E-state index is 12.4. The van der Waals surface area contributed by atoms with Gasteiger partial charge in [-0.3, -0.25) is 4.79 Å². The Morgan fingerprint density at radius 1 is 1.45 bits per heavy atom. The van der Waals surface area contributed by atoms with E-state index in [-0.39, 0.29) is 5.91 Å². The molecule has 0 fully saturated rings. The molecule has 4 nitrogen and oxygen atoms in total. The van der Waals surface area contributed by atoms with Crippen molar-refractivity contribution in [2.75, 3.05) is 17.2 Å². The van der Waals surface area contributed by atoms with Crippen LogP contribution in [-0.4, -0.2) is 17.4 Å². The van der Waals surface area contributed by atoms with E-state index in [0.717, 1.165) is 41.3 Å². The second-order valence-corrected chi connectivity index (χ2v) is 5.90. The van der Waals surface area contributed by atoms with Crippen molar-refractivity contribution >= 4 is 28.6 Å². The molecule has 3 rings (SSSR count). The number of aryl methyl sites for hydroxylation is 1. The number of hydrogen-bond acceptors (Lipinski definition) is 4. The summed E-state index contributed by atoms with van der Waals surface area (Å²) in [6.07, 6.45) is 4.93. The second kappa shape index (κ2) is 5.63. The van der Waals surface area contributed by atoms with Crippen molar-refractivity contribution < 1.29 is 4.79 Å². The maximum Gasteiger partial charge on any atom is 0.227 e. The van der Waals surface area contributed by atoms with Crippen LogP contribution in [0.15, 0.2) is 29.8 Å². The monoisotopic (exact) mass is 287 g/mol. The number of fused-ring (bicyclic) bond motifs is 1. The molecule has 2 heterocycles. The molecular formula is C15H17N3OS. The van der Waals surface area contributed by atoms with Crippen LogP contribution in [0.3, 0.4) is 0 Å². The van der Waals surface area contributed by atoms with E-state index in [1.807, 2.05) is 28.5 Å². The summed E-state index contributed by atoms with van der Waals surface area (Å²) in [5, 5.41) is 2.96. The lowest BCUT2D eigenvalue weighted by Crippen LogP contribution is -2.35. The van der Waals surface area contributed by atoms with Crippen LogP contribution in [-0.2, 0) is 17.6 Å². The van der Waals surface area contributed by atoms with Crippen molar-refractivity contribution in [3.05, 3.63) is 40.3 Å². The number of carbonyl (C=O) groups excluding carboxylic acids is 1. The van der Waals surface area contributed by atoms with Crippen LogP contribution in [0.4, 0.5) is 11.4 Å². The fraction of sp³-hybridized carbons (Fsp3) is 0.333. The summed E-state index contributed by atoms with van der Waals surface area (Å²) in [6.45, 7) is 0.785. The first-order valence-electron chi connectivity index (χ1n) is 6.82. The van der Waals surface area contributed by atoms with E-state index in [9.17, 15) is 4.79 Å². The highest BCUT2D eigenvalue weighted by atomic mass is 32.1. The zero-order valence-corrected chi connectivity index (χ0v) is 12.0. The molecule has 1 aliphatic rings. The molecule has 104 valence electrons. The number of anilines is 2. The minimum atomic E-state index is 0.159. The van der Waals surface area contributed by atoms with Crippen molar-refractivity contribution in [2.24, 2.45) is 0 Å². The van der Waals surface area contributed by atoms with Crippen molar-refractivity contribution in [3.63, 3.8) is 0 Å². The summed E-state index contributed by atoms with van der Waals surface area (Å²) in [5.41, 5.74) is 8.90. The van der Waals surface area contributed by atoms with Crippen molar-refractivity contribution in [1.82, 2.24) is 4.98 Å². The number of benzene rings is 1. The van der Waals surface area contributed by atoms with E-state index < -0.39 is 0 Å². The van der Waals surface area contributed by atoms with Crippen LogP contribution in [0.2, 0.25) is 0 Å². The summed E-state index contributed by atoms with van der Waals surface area (Å²) in [5.74, 6) is 0.159. The SMILES string of the molecule is Nc1cccc2c1CCCN2C(=O)CCc1nccs1. The first-order valence-corrected chi connectivity index (χ1v) is 7.70. The van der Waals surface area contributed by atoms with E-state index in [4.69, 9.17) is 5.73 Å². The van der Waals surface area contributed by atoms with Gasteiger partial charge in [0, 0.05) is 42.3 Å². The topological polar surface area (TPSA) is 59.2 Å². The van der Waals surface area contributed by atoms with Gasteiger partial charge in [-0.2, -0.15) is 0 Å². The Morgan fingerprint density at radius 3 is 3.15 bits per heavy atom. The van der Waals surface area contributed by atoms with E-state index in [0.29, 0.717) is 12.8 Å². The first kappa shape index (κ1) is 13.1. The zero-order valence-electron chi connectivity index (χ0n) is 11.2. The van der Waals surface area contributed by atoms with E-state index in [1.165, 1.54) is 0 Å². The molecule has 0 spiro atoms. The number of nitrogen functional groups attached to an aromatic ring is 1. The highest BCUT2D eigenvalue weighted by Crippen LogP contribution is 2.31. The average Bonchev–Trinajstić information content (AvgIpc) is 2.98. The minimum Gasteiger partial charge on any atom is -0.398 e. The average molecular weight is 287 g/mol. The number of nitrogens with two attached hydrogens (primary N) is 1. The van der Waals surface area contributed by atoms with Crippen LogP contribution in [0.25, 0.3) is 0 Å². The summed E-state index contributed by atoms with van der Waals surface area (Å²) in [6, 6.07) is 5.81.